The Morgan fingerprint density at radius 2 is 1.71 bits per heavy atom. The zero-order valence-electron chi connectivity index (χ0n) is 11.8. The minimum absolute atomic E-state index is 0.188. The highest BCUT2D eigenvalue weighted by molar-refractivity contribution is 6.00. The molecule has 3 nitrogen and oxygen atoms in total. The van der Waals surface area contributed by atoms with Crippen LogP contribution in [0, 0.1) is 11.6 Å². The molecule has 0 bridgehead atoms. The fraction of sp³-hybridized carbons (Fsp3) is 0.188. The minimum atomic E-state index is -1.00. The fourth-order valence-corrected chi connectivity index (χ4v) is 1.97. The van der Waals surface area contributed by atoms with Crippen molar-refractivity contribution in [3.8, 4) is 0 Å². The molecule has 0 unspecified atom stereocenters. The predicted molar refractivity (Wildman–Crippen MR) is 79.5 cm³/mol. The summed E-state index contributed by atoms with van der Waals surface area (Å²) in [6.07, 6.45) is 0. The number of amides is 2. The first-order valence-electron chi connectivity index (χ1n) is 6.59. The second-order valence-corrected chi connectivity index (χ2v) is 4.95. The van der Waals surface area contributed by atoms with Crippen LogP contribution in [-0.4, -0.2) is 6.03 Å². The molecule has 5 heteroatoms. The molecule has 0 saturated heterocycles. The molecule has 0 aliphatic heterocycles. The van der Waals surface area contributed by atoms with E-state index in [9.17, 15) is 13.6 Å². The third-order valence-corrected chi connectivity index (χ3v) is 3.01. The van der Waals surface area contributed by atoms with Crippen LogP contribution < -0.4 is 10.6 Å². The van der Waals surface area contributed by atoms with Crippen molar-refractivity contribution in [3.05, 3.63) is 59.7 Å². The number of hydrogen-bond donors (Lipinski definition) is 2. The van der Waals surface area contributed by atoms with Crippen molar-refractivity contribution in [2.75, 3.05) is 10.6 Å². The molecule has 2 rings (SSSR count). The maximum absolute atomic E-state index is 13.1. The van der Waals surface area contributed by atoms with Crippen molar-refractivity contribution in [3.63, 3.8) is 0 Å². The number of urea groups is 1. The Labute approximate surface area is 122 Å². The molecule has 0 aromatic heterocycles. The van der Waals surface area contributed by atoms with Crippen LogP contribution in [0.1, 0.15) is 25.3 Å². The molecule has 110 valence electrons. The molecule has 2 N–H and O–H groups in total. The van der Waals surface area contributed by atoms with Gasteiger partial charge in [-0.3, -0.25) is 0 Å². The quantitative estimate of drug-likeness (QED) is 0.842. The number of nitrogens with one attached hydrogen (secondary N) is 2. The normalized spacial score (nSPS) is 10.5. The number of anilines is 2. The summed E-state index contributed by atoms with van der Waals surface area (Å²) in [5, 5.41) is 5.18. The van der Waals surface area contributed by atoms with Crippen LogP contribution in [0.2, 0.25) is 0 Å². The minimum Gasteiger partial charge on any atom is -0.308 e. The van der Waals surface area contributed by atoms with Crippen LogP contribution in [0.5, 0.6) is 0 Å². The zero-order valence-corrected chi connectivity index (χ0v) is 11.8. The highest BCUT2D eigenvalue weighted by atomic mass is 19.2. The van der Waals surface area contributed by atoms with Gasteiger partial charge in [0.05, 0.1) is 0 Å². The van der Waals surface area contributed by atoms with E-state index in [1.54, 1.807) is 6.07 Å². The third kappa shape index (κ3) is 3.78. The van der Waals surface area contributed by atoms with Gasteiger partial charge in [-0.15, -0.1) is 0 Å². The van der Waals surface area contributed by atoms with Crippen molar-refractivity contribution < 1.29 is 13.6 Å². The molecule has 0 atom stereocenters. The zero-order chi connectivity index (χ0) is 15.4. The van der Waals surface area contributed by atoms with Gasteiger partial charge in [-0.2, -0.15) is 0 Å². The summed E-state index contributed by atoms with van der Waals surface area (Å²) in [6.45, 7) is 4.04. The smallest absolute Gasteiger partial charge is 0.308 e. The number of carbonyl (C=O) groups excluding carboxylic acids is 1. The van der Waals surface area contributed by atoms with Gasteiger partial charge < -0.3 is 10.6 Å². The monoisotopic (exact) mass is 290 g/mol. The average molecular weight is 290 g/mol. The number of benzene rings is 2. The van der Waals surface area contributed by atoms with Gasteiger partial charge in [0.25, 0.3) is 0 Å². The van der Waals surface area contributed by atoms with E-state index in [4.69, 9.17) is 0 Å². The molecule has 2 aromatic rings. The molecular weight excluding hydrogens is 274 g/mol. The lowest BCUT2D eigenvalue weighted by Crippen LogP contribution is -2.20. The molecule has 0 fully saturated rings. The Hall–Kier alpha value is -2.43. The standard InChI is InChI=1S/C16H16F2N2O/c1-10(2)12-5-3-4-6-15(12)20-16(21)19-11-7-8-13(17)14(18)9-11/h3-10H,1-2H3,(H2,19,20,21). The first-order valence-corrected chi connectivity index (χ1v) is 6.59. The third-order valence-electron chi connectivity index (χ3n) is 3.01. The van der Waals surface area contributed by atoms with E-state index >= 15 is 0 Å². The lowest BCUT2D eigenvalue weighted by Gasteiger charge is -2.14. The predicted octanol–water partition coefficient (Wildman–Crippen LogP) is 4.73. The number of carbonyl (C=O) groups is 1. The van der Waals surface area contributed by atoms with E-state index in [1.165, 1.54) is 6.07 Å². The molecule has 0 spiro atoms. The van der Waals surface area contributed by atoms with Crippen LogP contribution >= 0.6 is 0 Å². The highest BCUT2D eigenvalue weighted by Crippen LogP contribution is 2.24. The van der Waals surface area contributed by atoms with E-state index < -0.39 is 17.7 Å². The van der Waals surface area contributed by atoms with Crippen LogP contribution in [0.15, 0.2) is 42.5 Å². The molecule has 21 heavy (non-hydrogen) atoms. The number of hydrogen-bond acceptors (Lipinski definition) is 1. The topological polar surface area (TPSA) is 41.1 Å². The summed E-state index contributed by atoms with van der Waals surface area (Å²) >= 11 is 0. The van der Waals surface area contributed by atoms with Crippen molar-refractivity contribution in [2.45, 2.75) is 19.8 Å². The summed E-state index contributed by atoms with van der Waals surface area (Å²) < 4.78 is 25.9. The highest BCUT2D eigenvalue weighted by Gasteiger charge is 2.10. The summed E-state index contributed by atoms with van der Waals surface area (Å²) in [5.41, 5.74) is 1.87. The van der Waals surface area contributed by atoms with Crippen LogP contribution in [-0.2, 0) is 0 Å². The van der Waals surface area contributed by atoms with Gasteiger partial charge in [-0.05, 0) is 29.7 Å². The Morgan fingerprint density at radius 3 is 2.38 bits per heavy atom. The Kier molecular flexibility index (Phi) is 4.52. The Balaban J connectivity index is 2.10. The van der Waals surface area contributed by atoms with E-state index in [1.807, 2.05) is 32.0 Å². The Bertz CT molecular complexity index is 656. The van der Waals surface area contributed by atoms with Crippen LogP contribution in [0.4, 0.5) is 25.0 Å². The van der Waals surface area contributed by atoms with Crippen LogP contribution in [0.25, 0.3) is 0 Å². The van der Waals surface area contributed by atoms with Crippen molar-refractivity contribution in [2.24, 2.45) is 0 Å². The van der Waals surface area contributed by atoms with Gasteiger partial charge in [0.15, 0.2) is 11.6 Å². The summed E-state index contributed by atoms with van der Waals surface area (Å²) in [6, 6.07) is 10.1. The summed E-state index contributed by atoms with van der Waals surface area (Å²) in [4.78, 5) is 11.9. The first kappa shape index (κ1) is 15.0. The molecule has 2 amide bonds. The molecule has 0 aliphatic rings. The fourth-order valence-electron chi connectivity index (χ4n) is 1.97. The van der Waals surface area contributed by atoms with E-state index in [-0.39, 0.29) is 11.6 Å². The van der Waals surface area contributed by atoms with E-state index in [2.05, 4.69) is 10.6 Å². The Morgan fingerprint density at radius 1 is 1.00 bits per heavy atom. The van der Waals surface area contributed by atoms with E-state index in [0.717, 1.165) is 17.7 Å². The second-order valence-electron chi connectivity index (χ2n) is 4.95. The van der Waals surface area contributed by atoms with Gasteiger partial charge in [0.2, 0.25) is 0 Å². The second kappa shape index (κ2) is 6.35. The van der Waals surface area contributed by atoms with Gasteiger partial charge in [-0.25, -0.2) is 13.6 Å². The molecule has 0 radical (unpaired) electrons. The SMILES string of the molecule is CC(C)c1ccccc1NC(=O)Nc1ccc(F)c(F)c1. The lowest BCUT2D eigenvalue weighted by atomic mass is 10.0. The summed E-state index contributed by atoms with van der Waals surface area (Å²) in [7, 11) is 0. The average Bonchev–Trinajstić information content (AvgIpc) is 2.43. The van der Waals surface area contributed by atoms with Crippen molar-refractivity contribution >= 4 is 17.4 Å². The molecule has 2 aromatic carbocycles. The van der Waals surface area contributed by atoms with Crippen molar-refractivity contribution in [1.29, 1.82) is 0 Å². The number of halogens is 2. The van der Waals surface area contributed by atoms with Gasteiger partial charge in [0, 0.05) is 17.4 Å². The largest absolute Gasteiger partial charge is 0.323 e. The van der Waals surface area contributed by atoms with Gasteiger partial charge in [-0.1, -0.05) is 32.0 Å². The maximum atomic E-state index is 13.1. The molecule has 0 aliphatic carbocycles. The first-order chi connectivity index (χ1) is 9.97. The number of rotatable bonds is 3. The molecule has 0 saturated carbocycles. The number of para-hydroxylation sites is 1. The van der Waals surface area contributed by atoms with Gasteiger partial charge in [0.1, 0.15) is 0 Å². The van der Waals surface area contributed by atoms with E-state index in [0.29, 0.717) is 5.69 Å². The molecule has 0 heterocycles. The van der Waals surface area contributed by atoms with Crippen LogP contribution in [0.3, 0.4) is 0 Å². The maximum Gasteiger partial charge on any atom is 0.323 e. The van der Waals surface area contributed by atoms with Crippen molar-refractivity contribution in [1.82, 2.24) is 0 Å². The summed E-state index contributed by atoms with van der Waals surface area (Å²) in [5.74, 6) is -1.70. The molecular formula is C16H16F2N2O. The lowest BCUT2D eigenvalue weighted by molar-refractivity contribution is 0.262. The van der Waals surface area contributed by atoms with Gasteiger partial charge >= 0.3 is 6.03 Å².